The van der Waals surface area contributed by atoms with Gasteiger partial charge in [-0.25, -0.2) is 0 Å². The highest BCUT2D eigenvalue weighted by molar-refractivity contribution is 5.82. The monoisotopic (exact) mass is 274 g/mol. The molecular formula is C16H22N2O2. The Bertz CT molecular complexity index is 469. The SMILES string of the molecule is O=C(NCC1CCCOC1)[C@@H]1Cc2ccccc2CN1. The summed E-state index contributed by atoms with van der Waals surface area (Å²) in [4.78, 5) is 12.2. The van der Waals surface area contributed by atoms with Crippen molar-refractivity contribution in [3.05, 3.63) is 35.4 Å². The van der Waals surface area contributed by atoms with E-state index in [9.17, 15) is 4.79 Å². The van der Waals surface area contributed by atoms with E-state index in [2.05, 4.69) is 22.8 Å². The zero-order chi connectivity index (χ0) is 13.8. The molecule has 4 heteroatoms. The molecule has 2 aliphatic heterocycles. The summed E-state index contributed by atoms with van der Waals surface area (Å²) >= 11 is 0. The molecule has 2 heterocycles. The molecule has 4 nitrogen and oxygen atoms in total. The zero-order valence-corrected chi connectivity index (χ0v) is 11.7. The summed E-state index contributed by atoms with van der Waals surface area (Å²) in [5, 5.41) is 6.39. The van der Waals surface area contributed by atoms with Crippen molar-refractivity contribution in [2.75, 3.05) is 19.8 Å². The van der Waals surface area contributed by atoms with Gasteiger partial charge in [-0.05, 0) is 36.3 Å². The standard InChI is InChI=1S/C16H22N2O2/c19-16(18-9-12-4-3-7-20-11-12)15-8-13-5-1-2-6-14(13)10-17-15/h1-2,5-6,12,15,17H,3-4,7-11H2,(H,18,19)/t12?,15-/m0/s1. The van der Waals surface area contributed by atoms with Crippen LogP contribution in [0.5, 0.6) is 0 Å². The van der Waals surface area contributed by atoms with Gasteiger partial charge in [0.2, 0.25) is 5.91 Å². The van der Waals surface area contributed by atoms with Gasteiger partial charge in [-0.1, -0.05) is 24.3 Å². The number of hydrogen-bond acceptors (Lipinski definition) is 3. The van der Waals surface area contributed by atoms with Crippen molar-refractivity contribution in [3.8, 4) is 0 Å². The summed E-state index contributed by atoms with van der Waals surface area (Å²) in [6, 6.07) is 8.22. The minimum Gasteiger partial charge on any atom is -0.381 e. The van der Waals surface area contributed by atoms with Crippen LogP contribution < -0.4 is 10.6 Å². The Kier molecular flexibility index (Phi) is 4.33. The van der Waals surface area contributed by atoms with Gasteiger partial charge in [0.1, 0.15) is 0 Å². The van der Waals surface area contributed by atoms with Crippen LogP contribution in [0.4, 0.5) is 0 Å². The van der Waals surface area contributed by atoms with Gasteiger partial charge in [-0.2, -0.15) is 0 Å². The molecule has 1 aromatic rings. The number of nitrogens with one attached hydrogen (secondary N) is 2. The first-order valence-electron chi connectivity index (χ1n) is 7.48. The highest BCUT2D eigenvalue weighted by Crippen LogP contribution is 2.17. The molecule has 2 aliphatic rings. The third-order valence-corrected chi connectivity index (χ3v) is 4.22. The van der Waals surface area contributed by atoms with Crippen molar-refractivity contribution in [3.63, 3.8) is 0 Å². The Hall–Kier alpha value is -1.39. The third kappa shape index (κ3) is 3.19. The number of carbonyl (C=O) groups is 1. The Balaban J connectivity index is 1.51. The van der Waals surface area contributed by atoms with Crippen LogP contribution in [0.15, 0.2) is 24.3 Å². The highest BCUT2D eigenvalue weighted by atomic mass is 16.5. The Labute approximate surface area is 119 Å². The van der Waals surface area contributed by atoms with Crippen molar-refractivity contribution < 1.29 is 9.53 Å². The second kappa shape index (κ2) is 6.37. The van der Waals surface area contributed by atoms with Crippen LogP contribution in [-0.2, 0) is 22.5 Å². The maximum Gasteiger partial charge on any atom is 0.237 e. The molecule has 0 bridgehead atoms. The lowest BCUT2D eigenvalue weighted by atomic mass is 9.95. The molecule has 3 rings (SSSR count). The summed E-state index contributed by atoms with van der Waals surface area (Å²) in [5.41, 5.74) is 2.59. The second-order valence-electron chi connectivity index (χ2n) is 5.73. The van der Waals surface area contributed by atoms with E-state index in [-0.39, 0.29) is 11.9 Å². The molecule has 1 unspecified atom stereocenters. The Morgan fingerprint density at radius 1 is 1.35 bits per heavy atom. The van der Waals surface area contributed by atoms with Gasteiger partial charge in [0.15, 0.2) is 0 Å². The minimum atomic E-state index is -0.102. The number of rotatable bonds is 3. The van der Waals surface area contributed by atoms with Crippen molar-refractivity contribution in [1.29, 1.82) is 0 Å². The van der Waals surface area contributed by atoms with Gasteiger partial charge in [0, 0.05) is 19.7 Å². The maximum absolute atomic E-state index is 12.2. The van der Waals surface area contributed by atoms with E-state index < -0.39 is 0 Å². The van der Waals surface area contributed by atoms with Gasteiger partial charge in [0.05, 0.1) is 12.6 Å². The van der Waals surface area contributed by atoms with E-state index in [4.69, 9.17) is 4.74 Å². The minimum absolute atomic E-state index is 0.102. The summed E-state index contributed by atoms with van der Waals surface area (Å²) in [6.45, 7) is 3.16. The van der Waals surface area contributed by atoms with Crippen molar-refractivity contribution in [1.82, 2.24) is 10.6 Å². The fourth-order valence-corrected chi connectivity index (χ4v) is 2.98. The Morgan fingerprint density at radius 3 is 3.00 bits per heavy atom. The molecule has 2 atom stereocenters. The predicted octanol–water partition coefficient (Wildman–Crippen LogP) is 1.24. The van der Waals surface area contributed by atoms with Gasteiger partial charge in [0.25, 0.3) is 0 Å². The number of benzene rings is 1. The van der Waals surface area contributed by atoms with Crippen LogP contribution in [0.3, 0.4) is 0 Å². The van der Waals surface area contributed by atoms with Crippen molar-refractivity contribution >= 4 is 5.91 Å². The lowest BCUT2D eigenvalue weighted by Gasteiger charge is -2.27. The fourth-order valence-electron chi connectivity index (χ4n) is 2.98. The van der Waals surface area contributed by atoms with E-state index in [0.29, 0.717) is 5.92 Å². The first-order valence-corrected chi connectivity index (χ1v) is 7.48. The predicted molar refractivity (Wildman–Crippen MR) is 77.3 cm³/mol. The van der Waals surface area contributed by atoms with Crippen molar-refractivity contribution in [2.45, 2.75) is 31.8 Å². The van der Waals surface area contributed by atoms with Crippen LogP contribution in [0.1, 0.15) is 24.0 Å². The Morgan fingerprint density at radius 2 is 2.20 bits per heavy atom. The van der Waals surface area contributed by atoms with Gasteiger partial charge >= 0.3 is 0 Å². The quantitative estimate of drug-likeness (QED) is 0.872. The van der Waals surface area contributed by atoms with E-state index in [1.165, 1.54) is 11.1 Å². The van der Waals surface area contributed by atoms with E-state index >= 15 is 0 Å². The lowest BCUT2D eigenvalue weighted by molar-refractivity contribution is -0.123. The molecule has 1 saturated heterocycles. The van der Waals surface area contributed by atoms with Crippen LogP contribution in [-0.4, -0.2) is 31.7 Å². The number of carbonyl (C=O) groups excluding carboxylic acids is 1. The number of ether oxygens (including phenoxy) is 1. The molecule has 20 heavy (non-hydrogen) atoms. The molecule has 1 amide bonds. The molecule has 0 spiro atoms. The molecule has 2 N–H and O–H groups in total. The average Bonchev–Trinajstić information content (AvgIpc) is 2.53. The lowest BCUT2D eigenvalue weighted by Crippen LogP contribution is -2.49. The normalized spacial score (nSPS) is 25.8. The van der Waals surface area contributed by atoms with Gasteiger partial charge in [-0.15, -0.1) is 0 Å². The number of amides is 1. The second-order valence-corrected chi connectivity index (χ2v) is 5.73. The van der Waals surface area contributed by atoms with Crippen LogP contribution in [0.2, 0.25) is 0 Å². The van der Waals surface area contributed by atoms with E-state index in [1.807, 2.05) is 12.1 Å². The van der Waals surface area contributed by atoms with Gasteiger partial charge < -0.3 is 15.4 Å². The molecular weight excluding hydrogens is 252 g/mol. The number of hydrogen-bond donors (Lipinski definition) is 2. The third-order valence-electron chi connectivity index (χ3n) is 4.22. The number of fused-ring (bicyclic) bond motifs is 1. The summed E-state index contributed by atoms with van der Waals surface area (Å²) in [7, 11) is 0. The summed E-state index contributed by atoms with van der Waals surface area (Å²) < 4.78 is 5.44. The van der Waals surface area contributed by atoms with Gasteiger partial charge in [-0.3, -0.25) is 4.79 Å². The molecule has 0 saturated carbocycles. The smallest absolute Gasteiger partial charge is 0.237 e. The highest BCUT2D eigenvalue weighted by Gasteiger charge is 2.24. The average molecular weight is 274 g/mol. The first-order chi connectivity index (χ1) is 9.83. The molecule has 1 aromatic carbocycles. The van der Waals surface area contributed by atoms with Crippen LogP contribution in [0.25, 0.3) is 0 Å². The molecule has 0 aliphatic carbocycles. The summed E-state index contributed by atoms with van der Waals surface area (Å²) in [5.74, 6) is 0.591. The zero-order valence-electron chi connectivity index (χ0n) is 11.7. The van der Waals surface area contributed by atoms with Crippen molar-refractivity contribution in [2.24, 2.45) is 5.92 Å². The molecule has 108 valence electrons. The fraction of sp³-hybridized carbons (Fsp3) is 0.562. The maximum atomic E-state index is 12.2. The van der Waals surface area contributed by atoms with Crippen LogP contribution >= 0.6 is 0 Å². The first kappa shape index (κ1) is 13.6. The largest absolute Gasteiger partial charge is 0.381 e. The van der Waals surface area contributed by atoms with E-state index in [0.717, 1.165) is 45.6 Å². The van der Waals surface area contributed by atoms with Crippen LogP contribution in [0, 0.1) is 5.92 Å². The summed E-state index contributed by atoms with van der Waals surface area (Å²) in [6.07, 6.45) is 3.04. The van der Waals surface area contributed by atoms with E-state index in [1.54, 1.807) is 0 Å². The molecule has 0 radical (unpaired) electrons. The molecule has 1 fully saturated rings. The molecule has 0 aromatic heterocycles. The topological polar surface area (TPSA) is 50.4 Å².